The third-order valence-corrected chi connectivity index (χ3v) is 4.01. The second-order valence-corrected chi connectivity index (χ2v) is 5.56. The molecule has 1 aliphatic heterocycles. The van der Waals surface area contributed by atoms with Crippen LogP contribution >= 0.6 is 0 Å². The summed E-state index contributed by atoms with van der Waals surface area (Å²) < 4.78 is 0. The summed E-state index contributed by atoms with van der Waals surface area (Å²) in [4.78, 5) is 17.1. The number of rotatable bonds is 2. The molecule has 0 saturated heterocycles. The quantitative estimate of drug-likeness (QED) is 0.711. The van der Waals surface area contributed by atoms with Crippen LogP contribution in [-0.4, -0.2) is 10.9 Å². The van der Waals surface area contributed by atoms with Crippen molar-refractivity contribution in [3.8, 4) is 0 Å². The van der Waals surface area contributed by atoms with Gasteiger partial charge >= 0.3 is 0 Å². The molecule has 4 rings (SSSR count). The molecule has 3 aromatic rings. The number of amides is 1. The van der Waals surface area contributed by atoms with E-state index in [4.69, 9.17) is 5.73 Å². The van der Waals surface area contributed by atoms with Gasteiger partial charge in [0.1, 0.15) is 5.82 Å². The largest absolute Gasteiger partial charge is 0.384 e. The molecule has 0 aliphatic carbocycles. The van der Waals surface area contributed by atoms with Crippen molar-refractivity contribution >= 4 is 28.6 Å². The lowest BCUT2D eigenvalue weighted by Gasteiger charge is -2.12. The monoisotopic (exact) mass is 313 g/mol. The van der Waals surface area contributed by atoms with Crippen molar-refractivity contribution in [2.75, 3.05) is 11.1 Å². The maximum atomic E-state index is 12.7. The first-order valence-corrected chi connectivity index (χ1v) is 7.67. The Morgan fingerprint density at radius 3 is 2.42 bits per heavy atom. The smallest absolute Gasteiger partial charge is 0.257 e. The first kappa shape index (κ1) is 14.2. The molecule has 2 heterocycles. The van der Waals surface area contributed by atoms with Crippen molar-refractivity contribution in [3.05, 3.63) is 89.6 Å². The Hall–Kier alpha value is -3.40. The fraction of sp³-hybridized carbons (Fsp3) is 0. The zero-order valence-electron chi connectivity index (χ0n) is 12.9. The van der Waals surface area contributed by atoms with Crippen molar-refractivity contribution in [2.45, 2.75) is 0 Å². The van der Waals surface area contributed by atoms with Crippen LogP contribution in [0, 0.1) is 0 Å². The Balaban J connectivity index is 2.06. The van der Waals surface area contributed by atoms with E-state index >= 15 is 0 Å². The van der Waals surface area contributed by atoms with Gasteiger partial charge in [-0.3, -0.25) is 4.79 Å². The molecule has 0 bridgehead atoms. The molecule has 0 saturated carbocycles. The molecule has 116 valence electrons. The summed E-state index contributed by atoms with van der Waals surface area (Å²) in [6.45, 7) is 0. The summed E-state index contributed by atoms with van der Waals surface area (Å²) in [6.07, 6.45) is 0. The Bertz CT molecular complexity index is 961. The highest BCUT2D eigenvalue weighted by Crippen LogP contribution is 2.39. The van der Waals surface area contributed by atoms with Gasteiger partial charge in [0.25, 0.3) is 5.91 Å². The van der Waals surface area contributed by atoms with Gasteiger partial charge < -0.3 is 11.1 Å². The van der Waals surface area contributed by atoms with E-state index in [2.05, 4.69) is 10.3 Å². The van der Waals surface area contributed by atoms with Crippen LogP contribution in [-0.2, 0) is 4.79 Å². The van der Waals surface area contributed by atoms with Gasteiger partial charge in [0.05, 0.1) is 11.3 Å². The topological polar surface area (TPSA) is 68.0 Å². The average molecular weight is 313 g/mol. The van der Waals surface area contributed by atoms with Gasteiger partial charge in [-0.1, -0.05) is 54.6 Å². The second kappa shape index (κ2) is 5.66. The van der Waals surface area contributed by atoms with Crippen LogP contribution < -0.4 is 11.1 Å². The van der Waals surface area contributed by atoms with Crippen LogP contribution in [0.5, 0.6) is 0 Å². The molecule has 0 radical (unpaired) electrons. The number of hydrogen-bond acceptors (Lipinski definition) is 3. The van der Waals surface area contributed by atoms with Gasteiger partial charge in [0.15, 0.2) is 0 Å². The van der Waals surface area contributed by atoms with E-state index in [1.165, 1.54) is 0 Å². The average Bonchev–Trinajstić information content (AvgIpc) is 2.93. The van der Waals surface area contributed by atoms with Crippen molar-refractivity contribution in [3.63, 3.8) is 0 Å². The second-order valence-electron chi connectivity index (χ2n) is 5.56. The highest BCUT2D eigenvalue weighted by atomic mass is 16.2. The number of nitrogen functional groups attached to an aromatic ring is 1. The van der Waals surface area contributed by atoms with Crippen LogP contribution in [0.4, 0.5) is 11.5 Å². The molecule has 0 spiro atoms. The predicted molar refractivity (Wildman–Crippen MR) is 96.1 cm³/mol. The summed E-state index contributed by atoms with van der Waals surface area (Å²) in [6, 6.07) is 22.9. The van der Waals surface area contributed by atoms with Gasteiger partial charge in [-0.15, -0.1) is 0 Å². The zero-order chi connectivity index (χ0) is 16.5. The van der Waals surface area contributed by atoms with Gasteiger partial charge in [0.2, 0.25) is 0 Å². The Kier molecular flexibility index (Phi) is 3.35. The maximum absolute atomic E-state index is 12.7. The number of carbonyl (C=O) groups is 1. The van der Waals surface area contributed by atoms with Crippen LogP contribution in [0.25, 0.3) is 11.1 Å². The number of nitrogens with zero attached hydrogens (tertiary/aromatic N) is 1. The number of anilines is 2. The van der Waals surface area contributed by atoms with Gasteiger partial charge in [-0.2, -0.15) is 0 Å². The van der Waals surface area contributed by atoms with E-state index in [9.17, 15) is 4.79 Å². The molecule has 4 heteroatoms. The molecule has 0 atom stereocenters. The number of fused-ring (bicyclic) bond motifs is 1. The number of nitrogens with two attached hydrogens (primary N) is 1. The lowest BCUT2D eigenvalue weighted by Crippen LogP contribution is -2.07. The minimum atomic E-state index is -0.126. The predicted octanol–water partition coefficient (Wildman–Crippen LogP) is 3.58. The highest BCUT2D eigenvalue weighted by Gasteiger charge is 2.28. The number of aromatic nitrogens is 1. The van der Waals surface area contributed by atoms with Gasteiger partial charge in [0, 0.05) is 16.8 Å². The highest BCUT2D eigenvalue weighted by molar-refractivity contribution is 6.38. The fourth-order valence-corrected chi connectivity index (χ4v) is 2.98. The first-order valence-electron chi connectivity index (χ1n) is 7.67. The van der Waals surface area contributed by atoms with Crippen molar-refractivity contribution < 1.29 is 4.79 Å². The minimum absolute atomic E-state index is 0.126. The van der Waals surface area contributed by atoms with Crippen molar-refractivity contribution in [1.29, 1.82) is 0 Å². The lowest BCUT2D eigenvalue weighted by atomic mass is 9.93. The molecule has 1 aromatic heterocycles. The molecular weight excluding hydrogens is 298 g/mol. The molecule has 4 nitrogen and oxygen atoms in total. The molecule has 0 unspecified atom stereocenters. The van der Waals surface area contributed by atoms with Crippen LogP contribution in [0.2, 0.25) is 0 Å². The van der Waals surface area contributed by atoms with E-state index in [0.717, 1.165) is 22.4 Å². The van der Waals surface area contributed by atoms with Gasteiger partial charge in [-0.05, 0) is 23.8 Å². The number of carbonyl (C=O) groups excluding carboxylic acids is 1. The minimum Gasteiger partial charge on any atom is -0.384 e. The van der Waals surface area contributed by atoms with Crippen molar-refractivity contribution in [2.24, 2.45) is 0 Å². The number of hydrogen-bond donors (Lipinski definition) is 2. The third-order valence-electron chi connectivity index (χ3n) is 4.01. The molecule has 2 aromatic carbocycles. The first-order chi connectivity index (χ1) is 11.7. The summed E-state index contributed by atoms with van der Waals surface area (Å²) in [5.41, 5.74) is 10.6. The Morgan fingerprint density at radius 2 is 1.62 bits per heavy atom. The number of nitrogens with one attached hydrogen (secondary N) is 1. The summed E-state index contributed by atoms with van der Waals surface area (Å²) in [5, 5.41) is 2.93. The van der Waals surface area contributed by atoms with Crippen LogP contribution in [0.3, 0.4) is 0 Å². The summed E-state index contributed by atoms with van der Waals surface area (Å²) >= 11 is 0. The van der Waals surface area contributed by atoms with Crippen LogP contribution in [0.1, 0.15) is 16.8 Å². The number of para-hydroxylation sites is 1. The van der Waals surface area contributed by atoms with Crippen molar-refractivity contribution in [1.82, 2.24) is 4.98 Å². The number of benzene rings is 2. The molecule has 1 amide bonds. The van der Waals surface area contributed by atoms with Gasteiger partial charge in [-0.25, -0.2) is 4.98 Å². The molecule has 24 heavy (non-hydrogen) atoms. The Labute approximate surface area is 139 Å². The van der Waals surface area contributed by atoms with E-state index in [0.29, 0.717) is 17.1 Å². The summed E-state index contributed by atoms with van der Waals surface area (Å²) in [7, 11) is 0. The molecule has 1 aliphatic rings. The summed E-state index contributed by atoms with van der Waals surface area (Å²) in [5.74, 6) is 0.299. The number of pyridine rings is 1. The van der Waals surface area contributed by atoms with Crippen LogP contribution in [0.15, 0.2) is 72.8 Å². The van der Waals surface area contributed by atoms with E-state index < -0.39 is 0 Å². The van der Waals surface area contributed by atoms with E-state index in [1.54, 1.807) is 6.07 Å². The van der Waals surface area contributed by atoms with E-state index in [1.807, 2.05) is 66.7 Å². The lowest BCUT2D eigenvalue weighted by molar-refractivity contribution is -0.110. The normalized spacial score (nSPS) is 14.9. The Morgan fingerprint density at radius 1 is 0.875 bits per heavy atom. The third kappa shape index (κ3) is 2.34. The fourth-order valence-electron chi connectivity index (χ4n) is 2.98. The maximum Gasteiger partial charge on any atom is 0.257 e. The molecule has 0 fully saturated rings. The zero-order valence-corrected chi connectivity index (χ0v) is 12.9. The van der Waals surface area contributed by atoms with E-state index in [-0.39, 0.29) is 5.91 Å². The standard InChI is InChI=1S/C20H15N3O/c21-17-12-6-11-16(22-17)18(13-7-2-1-3-8-13)19-14-9-4-5-10-15(14)23-20(19)24/h1-12H,(H2,21,22)(H,23,24). The molecular formula is C20H15N3O. The SMILES string of the molecule is Nc1cccc(C(=C2C(=O)Nc3ccccc32)c2ccccc2)n1. The molecule has 3 N–H and O–H groups in total.